The van der Waals surface area contributed by atoms with Crippen molar-refractivity contribution < 1.29 is 23.8 Å². The number of rotatable bonds is 9. The van der Waals surface area contributed by atoms with Crippen LogP contribution < -0.4 is 4.74 Å². The minimum Gasteiger partial charge on any atom is -0.487 e. The number of fused-ring (bicyclic) bond motifs is 1. The molecule has 1 aliphatic heterocycles. The van der Waals surface area contributed by atoms with E-state index in [0.717, 1.165) is 25.1 Å². The van der Waals surface area contributed by atoms with Gasteiger partial charge in [0.1, 0.15) is 11.4 Å². The van der Waals surface area contributed by atoms with Crippen LogP contribution in [-0.4, -0.2) is 56.3 Å². The monoisotopic (exact) mass is 377 g/mol. The summed E-state index contributed by atoms with van der Waals surface area (Å²) in [5.74, 6) is 0.833. The first kappa shape index (κ1) is 21.2. The molecule has 0 aliphatic carbocycles. The fraction of sp³-hybridized carbons (Fsp3) is 0.619. The third kappa shape index (κ3) is 6.24. The summed E-state index contributed by atoms with van der Waals surface area (Å²) < 4.78 is 15.7. The van der Waals surface area contributed by atoms with Gasteiger partial charge in [0, 0.05) is 19.0 Å². The van der Waals surface area contributed by atoms with Crippen molar-refractivity contribution in [2.75, 3.05) is 33.9 Å². The van der Waals surface area contributed by atoms with Gasteiger partial charge in [-0.2, -0.15) is 0 Å². The normalized spacial score (nSPS) is 17.7. The maximum absolute atomic E-state index is 11.5. The number of nitrogens with zero attached hydrogens (tertiary/aromatic N) is 1. The van der Waals surface area contributed by atoms with Crippen molar-refractivity contribution in [1.29, 1.82) is 0 Å². The lowest BCUT2D eigenvalue weighted by molar-refractivity contribution is -0.141. The molecule has 1 aromatic rings. The predicted molar refractivity (Wildman–Crippen MR) is 103 cm³/mol. The number of esters is 2. The van der Waals surface area contributed by atoms with Crippen molar-refractivity contribution >= 4 is 11.9 Å². The second kappa shape index (κ2) is 9.74. The molecule has 0 N–H and O–H groups in total. The molecule has 6 heteroatoms. The van der Waals surface area contributed by atoms with Gasteiger partial charge in [0.15, 0.2) is 0 Å². The van der Waals surface area contributed by atoms with Gasteiger partial charge in [0.25, 0.3) is 0 Å². The van der Waals surface area contributed by atoms with Crippen LogP contribution in [0.15, 0.2) is 24.3 Å². The number of para-hydroxylation sites is 1. The third-order valence-corrected chi connectivity index (χ3v) is 5.31. The van der Waals surface area contributed by atoms with Crippen LogP contribution >= 0.6 is 0 Å². The quantitative estimate of drug-likeness (QED) is 0.617. The first-order valence-corrected chi connectivity index (χ1v) is 9.48. The number of hydrogen-bond acceptors (Lipinski definition) is 6. The molecule has 1 aromatic carbocycles. The molecule has 0 saturated carbocycles. The third-order valence-electron chi connectivity index (χ3n) is 5.31. The molecule has 0 spiro atoms. The van der Waals surface area contributed by atoms with E-state index in [4.69, 9.17) is 14.2 Å². The number of carbonyl (C=O) groups excluding carboxylic acids is 2. The molecular weight excluding hydrogens is 346 g/mol. The van der Waals surface area contributed by atoms with E-state index in [1.54, 1.807) is 0 Å². The molecule has 0 aromatic heterocycles. The zero-order valence-electron chi connectivity index (χ0n) is 16.8. The van der Waals surface area contributed by atoms with Crippen LogP contribution in [0.1, 0.15) is 38.7 Å². The molecule has 150 valence electrons. The topological polar surface area (TPSA) is 65.1 Å². The highest BCUT2D eigenvalue weighted by molar-refractivity contribution is 5.70. The highest BCUT2D eigenvalue weighted by atomic mass is 16.5. The molecule has 6 nitrogen and oxygen atoms in total. The van der Waals surface area contributed by atoms with Crippen molar-refractivity contribution in [3.05, 3.63) is 29.8 Å². The summed E-state index contributed by atoms with van der Waals surface area (Å²) in [5, 5.41) is 0. The van der Waals surface area contributed by atoms with Gasteiger partial charge in [0.05, 0.1) is 27.1 Å². The lowest BCUT2D eigenvalue weighted by atomic mass is 9.80. The summed E-state index contributed by atoms with van der Waals surface area (Å²) in [6, 6.07) is 8.17. The highest BCUT2D eigenvalue weighted by Crippen LogP contribution is 2.38. The molecule has 1 atom stereocenters. The van der Waals surface area contributed by atoms with E-state index in [1.807, 2.05) is 18.2 Å². The van der Waals surface area contributed by atoms with E-state index >= 15 is 0 Å². The van der Waals surface area contributed by atoms with E-state index in [1.165, 1.54) is 19.8 Å². The van der Waals surface area contributed by atoms with Gasteiger partial charge in [-0.25, -0.2) is 0 Å². The minimum atomic E-state index is -0.259. The van der Waals surface area contributed by atoms with Crippen molar-refractivity contribution in [2.24, 2.45) is 5.92 Å². The second-order valence-electron chi connectivity index (χ2n) is 7.50. The number of benzene rings is 1. The lowest BCUT2D eigenvalue weighted by Gasteiger charge is -2.41. The highest BCUT2D eigenvalue weighted by Gasteiger charge is 2.36. The Hall–Kier alpha value is -2.08. The zero-order valence-corrected chi connectivity index (χ0v) is 16.8. The zero-order chi connectivity index (χ0) is 19.9. The van der Waals surface area contributed by atoms with Crippen LogP contribution in [0.25, 0.3) is 0 Å². The predicted octanol–water partition coefficient (Wildman–Crippen LogP) is 2.83. The first-order chi connectivity index (χ1) is 12.9. The van der Waals surface area contributed by atoms with Crippen LogP contribution in [0.2, 0.25) is 0 Å². The molecule has 0 saturated heterocycles. The van der Waals surface area contributed by atoms with Crippen molar-refractivity contribution in [2.45, 2.75) is 45.1 Å². The van der Waals surface area contributed by atoms with E-state index < -0.39 is 0 Å². The van der Waals surface area contributed by atoms with Gasteiger partial charge in [0.2, 0.25) is 0 Å². The molecule has 0 bridgehead atoms. The van der Waals surface area contributed by atoms with Gasteiger partial charge in [-0.05, 0) is 44.9 Å². The Kier molecular flexibility index (Phi) is 7.66. The summed E-state index contributed by atoms with van der Waals surface area (Å²) in [6.07, 6.45) is 2.50. The molecule has 0 radical (unpaired) electrons. The SMILES string of the molecule is COC(=O)CCN(CCC(=O)OC)CCC1Cc2ccccc2OC1(C)C. The Bertz CT molecular complexity index is 623. The molecule has 1 heterocycles. The molecule has 0 amide bonds. The van der Waals surface area contributed by atoms with Crippen molar-refractivity contribution in [1.82, 2.24) is 4.90 Å². The lowest BCUT2D eigenvalue weighted by Crippen LogP contribution is -2.44. The molecule has 0 fully saturated rings. The van der Waals surface area contributed by atoms with Crippen LogP contribution in [0.5, 0.6) is 5.75 Å². The summed E-state index contributed by atoms with van der Waals surface area (Å²) in [4.78, 5) is 25.1. The van der Waals surface area contributed by atoms with Crippen molar-refractivity contribution in [3.8, 4) is 5.75 Å². The largest absolute Gasteiger partial charge is 0.487 e. The summed E-state index contributed by atoms with van der Waals surface area (Å²) in [6.45, 7) is 6.16. The van der Waals surface area contributed by atoms with Gasteiger partial charge in [-0.3, -0.25) is 9.59 Å². The van der Waals surface area contributed by atoms with Crippen LogP contribution in [-0.2, 0) is 25.5 Å². The molecule has 1 unspecified atom stereocenters. The van der Waals surface area contributed by atoms with Crippen molar-refractivity contribution in [3.63, 3.8) is 0 Å². The first-order valence-electron chi connectivity index (χ1n) is 9.48. The fourth-order valence-electron chi connectivity index (χ4n) is 3.48. The van der Waals surface area contributed by atoms with Gasteiger partial charge in [-0.15, -0.1) is 0 Å². The number of ether oxygens (including phenoxy) is 3. The molecular formula is C21H31NO5. The van der Waals surface area contributed by atoms with E-state index in [0.29, 0.717) is 31.8 Å². The Balaban J connectivity index is 1.97. The summed E-state index contributed by atoms with van der Waals surface area (Å²) in [5.41, 5.74) is 0.975. The summed E-state index contributed by atoms with van der Waals surface area (Å²) >= 11 is 0. The van der Waals surface area contributed by atoms with E-state index in [9.17, 15) is 9.59 Å². The Morgan fingerprint density at radius 2 is 1.67 bits per heavy atom. The van der Waals surface area contributed by atoms with Crippen LogP contribution in [0, 0.1) is 5.92 Å². The van der Waals surface area contributed by atoms with E-state index in [2.05, 4.69) is 24.8 Å². The van der Waals surface area contributed by atoms with E-state index in [-0.39, 0.29) is 17.5 Å². The van der Waals surface area contributed by atoms with Crippen LogP contribution in [0.3, 0.4) is 0 Å². The standard InChI is InChI=1S/C21H31NO5/c1-21(2)17(15-16-7-5-6-8-18(16)27-21)9-12-22(13-10-19(23)25-3)14-11-20(24)26-4/h5-8,17H,9-15H2,1-4H3. The Labute approximate surface area is 161 Å². The number of hydrogen-bond donors (Lipinski definition) is 0. The Morgan fingerprint density at radius 1 is 1.07 bits per heavy atom. The minimum absolute atomic E-state index is 0.242. The molecule has 1 aliphatic rings. The number of methoxy groups -OCH3 is 2. The maximum Gasteiger partial charge on any atom is 0.306 e. The summed E-state index contributed by atoms with van der Waals surface area (Å²) in [7, 11) is 2.78. The average molecular weight is 377 g/mol. The van der Waals surface area contributed by atoms with Gasteiger partial charge >= 0.3 is 11.9 Å². The fourth-order valence-corrected chi connectivity index (χ4v) is 3.48. The second-order valence-corrected chi connectivity index (χ2v) is 7.50. The molecule has 2 rings (SSSR count). The van der Waals surface area contributed by atoms with Gasteiger partial charge < -0.3 is 19.1 Å². The average Bonchev–Trinajstić information content (AvgIpc) is 2.66. The number of carbonyl (C=O) groups is 2. The maximum atomic E-state index is 11.5. The Morgan fingerprint density at radius 3 is 2.26 bits per heavy atom. The van der Waals surface area contributed by atoms with Crippen LogP contribution in [0.4, 0.5) is 0 Å². The smallest absolute Gasteiger partial charge is 0.306 e. The molecule has 27 heavy (non-hydrogen) atoms. The van der Waals surface area contributed by atoms with Gasteiger partial charge in [-0.1, -0.05) is 18.2 Å².